The van der Waals surface area contributed by atoms with Gasteiger partial charge >= 0.3 is 5.97 Å². The first-order chi connectivity index (χ1) is 14.9. The Hall–Kier alpha value is -2.35. The van der Waals surface area contributed by atoms with Gasteiger partial charge in [0.15, 0.2) is 0 Å². The maximum absolute atomic E-state index is 13.4. The minimum Gasteiger partial charge on any atom is -0.457 e. The van der Waals surface area contributed by atoms with Crippen molar-refractivity contribution in [3.05, 3.63) is 92.9 Å². The number of sulfonamides is 1. The quantitative estimate of drug-likeness (QED) is 0.411. The van der Waals surface area contributed by atoms with Crippen LogP contribution in [-0.2, 0) is 27.8 Å². The number of anilines is 1. The summed E-state index contributed by atoms with van der Waals surface area (Å²) in [6, 6.07) is 18.9. The Balaban J connectivity index is 1.60. The lowest BCUT2D eigenvalue weighted by atomic mass is 10.0. The Bertz CT molecular complexity index is 1230. The summed E-state index contributed by atoms with van der Waals surface area (Å²) in [5, 5.41) is 0.138. The zero-order chi connectivity index (χ0) is 22.0. The first-order valence-electron chi connectivity index (χ1n) is 9.68. The van der Waals surface area contributed by atoms with Crippen LogP contribution in [0.4, 0.5) is 5.69 Å². The molecule has 0 aliphatic carbocycles. The molecule has 3 aromatic rings. The van der Waals surface area contributed by atoms with Crippen molar-refractivity contribution in [2.24, 2.45) is 0 Å². The van der Waals surface area contributed by atoms with Crippen molar-refractivity contribution in [2.45, 2.75) is 24.3 Å². The molecule has 1 heterocycles. The molecule has 3 aromatic carbocycles. The monoisotopic (exact) mass is 519 g/mol. The van der Waals surface area contributed by atoms with Gasteiger partial charge in [0, 0.05) is 11.0 Å². The summed E-state index contributed by atoms with van der Waals surface area (Å²) in [6.45, 7) is 0.435. The Kier molecular flexibility index (Phi) is 6.36. The van der Waals surface area contributed by atoms with E-state index in [9.17, 15) is 13.2 Å². The van der Waals surface area contributed by atoms with Crippen LogP contribution in [0, 0.1) is 0 Å². The van der Waals surface area contributed by atoms with Gasteiger partial charge in [0.25, 0.3) is 10.0 Å². The van der Waals surface area contributed by atoms with Gasteiger partial charge < -0.3 is 4.74 Å². The average molecular weight is 521 g/mol. The summed E-state index contributed by atoms with van der Waals surface area (Å²) in [4.78, 5) is 12.6. The largest absolute Gasteiger partial charge is 0.457 e. The highest BCUT2D eigenvalue weighted by Crippen LogP contribution is 2.33. The predicted molar refractivity (Wildman–Crippen MR) is 124 cm³/mol. The molecule has 8 heteroatoms. The van der Waals surface area contributed by atoms with Crippen molar-refractivity contribution >= 4 is 49.2 Å². The number of ether oxygens (including phenoxy) is 1. The molecule has 0 N–H and O–H groups in total. The van der Waals surface area contributed by atoms with Gasteiger partial charge in [0.1, 0.15) is 6.61 Å². The van der Waals surface area contributed by atoms with E-state index in [1.807, 2.05) is 42.5 Å². The molecule has 160 valence electrons. The van der Waals surface area contributed by atoms with E-state index in [0.29, 0.717) is 12.2 Å². The van der Waals surface area contributed by atoms with E-state index >= 15 is 0 Å². The minimum absolute atomic E-state index is 0.00388. The SMILES string of the molecule is O=C(OCc1ccc(Br)cc1)c1cc(S(=O)(=O)N2CCCc3ccccc32)ccc1Cl. The van der Waals surface area contributed by atoms with Crippen molar-refractivity contribution in [3.63, 3.8) is 0 Å². The molecule has 0 radical (unpaired) electrons. The van der Waals surface area contributed by atoms with Crippen LogP contribution in [0.1, 0.15) is 27.9 Å². The van der Waals surface area contributed by atoms with Crippen molar-refractivity contribution in [2.75, 3.05) is 10.8 Å². The van der Waals surface area contributed by atoms with Gasteiger partial charge in [-0.3, -0.25) is 4.31 Å². The Morgan fingerprint density at radius 3 is 2.58 bits per heavy atom. The van der Waals surface area contributed by atoms with Gasteiger partial charge in [0.2, 0.25) is 0 Å². The summed E-state index contributed by atoms with van der Waals surface area (Å²) >= 11 is 9.55. The third-order valence-corrected chi connectivity index (χ3v) is 7.76. The van der Waals surface area contributed by atoms with E-state index in [-0.39, 0.29) is 22.1 Å². The molecule has 0 saturated carbocycles. The lowest BCUT2D eigenvalue weighted by molar-refractivity contribution is 0.0472. The fourth-order valence-electron chi connectivity index (χ4n) is 3.50. The molecule has 0 amide bonds. The van der Waals surface area contributed by atoms with Gasteiger partial charge in [-0.15, -0.1) is 0 Å². The smallest absolute Gasteiger partial charge is 0.340 e. The second kappa shape index (κ2) is 9.02. The van der Waals surface area contributed by atoms with Crippen LogP contribution in [0.5, 0.6) is 0 Å². The highest BCUT2D eigenvalue weighted by atomic mass is 79.9. The van der Waals surface area contributed by atoms with E-state index in [1.54, 1.807) is 6.07 Å². The number of rotatable bonds is 5. The molecule has 5 nitrogen and oxygen atoms in total. The Morgan fingerprint density at radius 2 is 1.81 bits per heavy atom. The third-order valence-electron chi connectivity index (χ3n) is 5.10. The van der Waals surface area contributed by atoms with E-state index in [4.69, 9.17) is 16.3 Å². The van der Waals surface area contributed by atoms with Gasteiger partial charge in [0.05, 0.1) is 21.2 Å². The highest BCUT2D eigenvalue weighted by molar-refractivity contribution is 9.10. The van der Waals surface area contributed by atoms with Gasteiger partial charge in [-0.05, 0) is 60.4 Å². The summed E-state index contributed by atoms with van der Waals surface area (Å²) < 4.78 is 34.4. The molecule has 1 aliphatic rings. The zero-order valence-electron chi connectivity index (χ0n) is 16.4. The van der Waals surface area contributed by atoms with Crippen LogP contribution in [-0.4, -0.2) is 20.9 Å². The highest BCUT2D eigenvalue weighted by Gasteiger charge is 2.30. The molecule has 31 heavy (non-hydrogen) atoms. The lowest BCUT2D eigenvalue weighted by Crippen LogP contribution is -2.35. The number of para-hydroxylation sites is 1. The minimum atomic E-state index is -3.86. The summed E-state index contributed by atoms with van der Waals surface area (Å²) in [7, 11) is -3.86. The molecule has 0 aromatic heterocycles. The van der Waals surface area contributed by atoms with Crippen LogP contribution >= 0.6 is 27.5 Å². The number of hydrogen-bond donors (Lipinski definition) is 0. The van der Waals surface area contributed by atoms with Crippen molar-refractivity contribution < 1.29 is 17.9 Å². The van der Waals surface area contributed by atoms with E-state index in [1.165, 1.54) is 22.5 Å². The fraction of sp³-hybridized carbons (Fsp3) is 0.174. The number of hydrogen-bond acceptors (Lipinski definition) is 4. The summed E-state index contributed by atoms with van der Waals surface area (Å²) in [6.07, 6.45) is 1.56. The number of nitrogens with zero attached hydrogens (tertiary/aromatic N) is 1. The number of benzene rings is 3. The van der Waals surface area contributed by atoms with Gasteiger partial charge in [-0.25, -0.2) is 13.2 Å². The first-order valence-corrected chi connectivity index (χ1v) is 12.3. The Labute approximate surface area is 194 Å². The van der Waals surface area contributed by atoms with Gasteiger partial charge in [-0.2, -0.15) is 0 Å². The van der Waals surface area contributed by atoms with E-state index < -0.39 is 16.0 Å². The maximum Gasteiger partial charge on any atom is 0.340 e. The molecule has 0 saturated heterocycles. The topological polar surface area (TPSA) is 63.7 Å². The molecule has 0 spiro atoms. The van der Waals surface area contributed by atoms with Crippen LogP contribution < -0.4 is 4.31 Å². The number of esters is 1. The lowest BCUT2D eigenvalue weighted by Gasteiger charge is -2.30. The third kappa shape index (κ3) is 4.63. The van der Waals surface area contributed by atoms with E-state index in [2.05, 4.69) is 15.9 Å². The van der Waals surface area contributed by atoms with Crippen LogP contribution in [0.15, 0.2) is 76.1 Å². The molecule has 0 atom stereocenters. The second-order valence-electron chi connectivity index (χ2n) is 7.15. The number of fused-ring (bicyclic) bond motifs is 1. The Morgan fingerprint density at radius 1 is 1.06 bits per heavy atom. The summed E-state index contributed by atoms with van der Waals surface area (Å²) in [5.74, 6) is -0.677. The molecule has 0 unspecified atom stereocenters. The standard InChI is InChI=1S/C23H19BrClNO4S/c24-18-9-7-16(8-10-18)15-30-23(27)20-14-19(11-12-21(20)25)31(28,29)26-13-3-5-17-4-1-2-6-22(17)26/h1-2,4,6-12,14H,3,5,13,15H2. The molecular weight excluding hydrogens is 502 g/mol. The van der Waals surface area contributed by atoms with Gasteiger partial charge in [-0.1, -0.05) is 57.9 Å². The van der Waals surface area contributed by atoms with Crippen molar-refractivity contribution in [1.82, 2.24) is 0 Å². The molecule has 1 aliphatic heterocycles. The number of carbonyl (C=O) groups is 1. The summed E-state index contributed by atoms with van der Waals surface area (Å²) in [5.41, 5.74) is 2.48. The zero-order valence-corrected chi connectivity index (χ0v) is 19.6. The molecule has 0 fully saturated rings. The van der Waals surface area contributed by atoms with Crippen LogP contribution in [0.25, 0.3) is 0 Å². The van der Waals surface area contributed by atoms with Crippen LogP contribution in [0.3, 0.4) is 0 Å². The first kappa shape index (κ1) is 21.9. The molecule has 0 bridgehead atoms. The van der Waals surface area contributed by atoms with Crippen molar-refractivity contribution in [1.29, 1.82) is 0 Å². The fourth-order valence-corrected chi connectivity index (χ4v) is 5.53. The van der Waals surface area contributed by atoms with E-state index in [0.717, 1.165) is 28.4 Å². The van der Waals surface area contributed by atoms with Crippen molar-refractivity contribution in [3.8, 4) is 0 Å². The molecular formula is C23H19BrClNO4S. The van der Waals surface area contributed by atoms with Crippen LogP contribution in [0.2, 0.25) is 5.02 Å². The second-order valence-corrected chi connectivity index (χ2v) is 10.3. The number of aryl methyl sites for hydroxylation is 1. The maximum atomic E-state index is 13.4. The number of halogens is 2. The number of carbonyl (C=O) groups excluding carboxylic acids is 1. The normalized spacial score (nSPS) is 13.5. The molecule has 4 rings (SSSR count). The average Bonchev–Trinajstić information content (AvgIpc) is 2.78. The predicted octanol–water partition coefficient (Wildman–Crippen LogP) is 5.60.